The van der Waals surface area contributed by atoms with Crippen LogP contribution in [0.5, 0.6) is 23.0 Å². The Kier molecular flexibility index (Phi) is 8.60. The smallest absolute Gasteiger partial charge is 0.657 e. The second-order valence-electron chi connectivity index (χ2n) is 12.5. The van der Waals surface area contributed by atoms with Crippen LogP contribution in [0.2, 0.25) is 0 Å². The fraction of sp³-hybridized carbons (Fsp3) is 0. The monoisotopic (exact) mass is 796 g/mol. The second-order valence-corrected chi connectivity index (χ2v) is 12.5. The maximum atomic E-state index is 10.2. The van der Waals surface area contributed by atoms with Crippen molar-refractivity contribution in [1.82, 2.24) is 19.9 Å². The van der Waals surface area contributed by atoms with Crippen molar-refractivity contribution in [2.45, 2.75) is 0 Å². The van der Waals surface area contributed by atoms with E-state index in [-0.39, 0.29) is 46.9 Å². The zero-order valence-corrected chi connectivity index (χ0v) is 30.8. The van der Waals surface area contributed by atoms with Crippen molar-refractivity contribution in [1.29, 1.82) is 0 Å². The van der Waals surface area contributed by atoms with Crippen LogP contribution in [0, 0.1) is 0 Å². The van der Waals surface area contributed by atoms with Gasteiger partial charge in [0.2, 0.25) is 0 Å². The van der Waals surface area contributed by atoms with Crippen LogP contribution in [-0.2, 0) is 0 Å². The van der Waals surface area contributed by atoms with Crippen LogP contribution < -0.4 is 9.97 Å². The van der Waals surface area contributed by atoms with Gasteiger partial charge in [-0.3, -0.25) is 0 Å². The van der Waals surface area contributed by atoms with Crippen LogP contribution >= 0.6 is 0 Å². The van der Waals surface area contributed by atoms with Gasteiger partial charge in [0.1, 0.15) is 23.0 Å². The first-order valence-corrected chi connectivity index (χ1v) is 16.6. The normalized spacial score (nSPS) is 11.8. The summed E-state index contributed by atoms with van der Waals surface area (Å²) in [4.78, 5) is 20.8. The first-order chi connectivity index (χ1) is 25.4. The van der Waals surface area contributed by atoms with Crippen molar-refractivity contribution in [2.24, 2.45) is 0 Å². The molecule has 0 saturated carbocycles. The molecule has 8 nitrogen and oxygen atoms in total. The van der Waals surface area contributed by atoms with E-state index in [1.54, 1.807) is 48.5 Å². The average Bonchev–Trinajstić information content (AvgIpc) is 3.99. The van der Waals surface area contributed by atoms with Crippen molar-refractivity contribution in [3.63, 3.8) is 0 Å². The van der Waals surface area contributed by atoms with E-state index >= 15 is 0 Å². The molecule has 53 heavy (non-hydrogen) atoms. The van der Waals surface area contributed by atoms with Crippen molar-refractivity contribution < 1.29 is 20.4 Å². The average molecular weight is 795 g/mol. The number of hydrogen-bond donors (Lipinski definition) is 4. The molecule has 3 aromatic heterocycles. The molecule has 2 aliphatic rings. The molecule has 2 aliphatic heterocycles. The molecule has 0 aliphatic carbocycles. The summed E-state index contributed by atoms with van der Waals surface area (Å²) in [5, 5.41) is 40.6. The van der Waals surface area contributed by atoms with Crippen LogP contribution in [0.1, 0.15) is 22.8 Å². The number of aromatic hydroxyl groups is 4. The van der Waals surface area contributed by atoms with E-state index < -0.39 is 0 Å². The summed E-state index contributed by atoms with van der Waals surface area (Å²) in [6.45, 7) is 0. The summed E-state index contributed by atoms with van der Waals surface area (Å²) in [5.74, 6) is 0.594. The SMILES string of the molecule is Oc1ccc(-c2c3nc(c(-c4ccc(O)cc4)c4ccc([n-]4)c(-c4ccc(O)cc4)c4nc(c(-c5ccc(O)cc5)c5ccc2[n-]5)C=C4)C=C3)cc1.[Sn+2]. The van der Waals surface area contributed by atoms with Gasteiger partial charge in [0.05, 0.1) is 22.8 Å². The molecular formula is C44H28N4O4Sn. The van der Waals surface area contributed by atoms with Gasteiger partial charge in [0, 0.05) is 0 Å². The Hall–Kier alpha value is -6.52. The van der Waals surface area contributed by atoms with Crippen molar-refractivity contribution >= 4 is 70.3 Å². The molecule has 2 radical (unpaired) electrons. The van der Waals surface area contributed by atoms with Crippen LogP contribution in [0.4, 0.5) is 0 Å². The number of hydrogen-bond acceptors (Lipinski definition) is 6. The molecule has 0 amide bonds. The number of nitrogens with zero attached hydrogens (tertiary/aromatic N) is 4. The summed E-state index contributed by atoms with van der Waals surface area (Å²) in [6.07, 6.45) is 7.82. The van der Waals surface area contributed by atoms with E-state index in [4.69, 9.17) is 19.9 Å². The van der Waals surface area contributed by atoms with E-state index in [9.17, 15) is 20.4 Å². The standard InChI is InChI=1S/C44H28N4O4.Sn/c49-29-9-1-25(2-10-29)41-33-17-19-35(45-33)42(26-3-11-30(50)12-4-26)37-21-23-39(47-37)44(28-7-15-32(52)16-8-28)40-24-22-38(48-40)43(36-20-18-34(41)46-36)27-5-13-31(51)14-6-27;/h1-24H,(H4-2,45,46,47,48,49,50,51,52);/q-2;+2. The molecule has 0 spiro atoms. The molecule has 0 saturated heterocycles. The van der Waals surface area contributed by atoms with Gasteiger partial charge in [0.15, 0.2) is 0 Å². The molecule has 5 heterocycles. The molecule has 0 unspecified atom stereocenters. The quantitative estimate of drug-likeness (QED) is 0.130. The fourth-order valence-electron chi connectivity index (χ4n) is 6.78. The third kappa shape index (κ3) is 6.23. The Bertz CT molecular complexity index is 2370. The Morgan fingerprint density at radius 3 is 0.717 bits per heavy atom. The summed E-state index contributed by atoms with van der Waals surface area (Å²) in [7, 11) is 0. The van der Waals surface area contributed by atoms with E-state index in [1.807, 2.05) is 97.1 Å². The number of phenolic OH excluding ortho intramolecular Hbond substituents is 4. The maximum absolute atomic E-state index is 10.2. The topological polar surface area (TPSA) is 135 Å². The summed E-state index contributed by atoms with van der Waals surface area (Å²) >= 11 is 0. The molecule has 0 fully saturated rings. The van der Waals surface area contributed by atoms with Gasteiger partial charge in [-0.2, -0.15) is 0 Å². The Morgan fingerprint density at radius 2 is 0.509 bits per heavy atom. The van der Waals surface area contributed by atoms with E-state index in [0.717, 1.165) is 44.5 Å². The summed E-state index contributed by atoms with van der Waals surface area (Å²) < 4.78 is 0. The number of benzene rings is 4. The molecule has 4 N–H and O–H groups in total. The molecule has 9 heteroatoms. The van der Waals surface area contributed by atoms with Crippen LogP contribution in [0.25, 0.3) is 90.9 Å². The zero-order chi connectivity index (χ0) is 35.3. The number of fused-ring (bicyclic) bond motifs is 8. The zero-order valence-electron chi connectivity index (χ0n) is 27.9. The van der Waals surface area contributed by atoms with Gasteiger partial charge in [-0.15, -0.1) is 22.1 Å². The largest absolute Gasteiger partial charge is 2.00 e. The predicted molar refractivity (Wildman–Crippen MR) is 211 cm³/mol. The maximum Gasteiger partial charge on any atom is 2.00 e. The molecule has 0 atom stereocenters. The van der Waals surface area contributed by atoms with Crippen molar-refractivity contribution in [3.8, 4) is 67.5 Å². The third-order valence-corrected chi connectivity index (χ3v) is 9.23. The Balaban J connectivity index is 0.00000400. The van der Waals surface area contributed by atoms with E-state index in [0.29, 0.717) is 44.8 Å². The minimum Gasteiger partial charge on any atom is -0.657 e. The second kappa shape index (κ2) is 13.6. The Labute approximate surface area is 320 Å². The van der Waals surface area contributed by atoms with E-state index in [1.165, 1.54) is 0 Å². The van der Waals surface area contributed by atoms with Gasteiger partial charge in [-0.1, -0.05) is 72.8 Å². The van der Waals surface area contributed by atoms with Crippen molar-refractivity contribution in [3.05, 3.63) is 144 Å². The minimum atomic E-state index is 0. The summed E-state index contributed by atoms with van der Waals surface area (Å²) in [5.41, 5.74) is 11.8. The van der Waals surface area contributed by atoms with Gasteiger partial charge in [-0.25, -0.2) is 9.97 Å². The Morgan fingerprint density at radius 1 is 0.302 bits per heavy atom. The van der Waals surface area contributed by atoms with Gasteiger partial charge in [0.25, 0.3) is 0 Å². The third-order valence-electron chi connectivity index (χ3n) is 9.23. The molecule has 252 valence electrons. The molecule has 9 rings (SSSR count). The van der Waals surface area contributed by atoms with Crippen LogP contribution in [0.15, 0.2) is 121 Å². The molecular weight excluding hydrogens is 767 g/mol. The molecule has 7 aromatic rings. The number of aromatic nitrogens is 4. The number of rotatable bonds is 4. The van der Waals surface area contributed by atoms with Crippen molar-refractivity contribution in [2.75, 3.05) is 0 Å². The first-order valence-electron chi connectivity index (χ1n) is 16.6. The van der Waals surface area contributed by atoms with Gasteiger partial charge in [-0.05, 0) is 117 Å². The molecule has 4 aromatic carbocycles. The predicted octanol–water partition coefficient (Wildman–Crippen LogP) is 9.02. The van der Waals surface area contributed by atoms with Crippen LogP contribution in [-0.4, -0.2) is 54.3 Å². The minimum absolute atomic E-state index is 0. The van der Waals surface area contributed by atoms with Gasteiger partial charge >= 0.3 is 23.9 Å². The number of phenols is 4. The van der Waals surface area contributed by atoms with E-state index in [2.05, 4.69) is 0 Å². The fourth-order valence-corrected chi connectivity index (χ4v) is 6.78. The summed E-state index contributed by atoms with van der Waals surface area (Å²) in [6, 6.07) is 35.7. The van der Waals surface area contributed by atoms with Gasteiger partial charge < -0.3 is 30.4 Å². The molecule has 8 bridgehead atoms. The first kappa shape index (κ1) is 33.6. The van der Waals surface area contributed by atoms with Crippen LogP contribution in [0.3, 0.4) is 0 Å².